The summed E-state index contributed by atoms with van der Waals surface area (Å²) in [6, 6.07) is 16.7. The third kappa shape index (κ3) is 3.58. The van der Waals surface area contributed by atoms with Crippen molar-refractivity contribution in [3.05, 3.63) is 87.4 Å². The van der Waals surface area contributed by atoms with Crippen molar-refractivity contribution in [1.29, 1.82) is 0 Å². The average Bonchev–Trinajstić information content (AvgIpc) is 3.16. The number of rotatable bonds is 5. The fourth-order valence-corrected chi connectivity index (χ4v) is 3.33. The Morgan fingerprint density at radius 3 is 2.68 bits per heavy atom. The maximum atomic E-state index is 12.9. The molecule has 4 rings (SSSR count). The van der Waals surface area contributed by atoms with Gasteiger partial charge in [0.25, 0.3) is 5.56 Å². The molecule has 6 nitrogen and oxygen atoms in total. The molecular weight excluding hydrogens is 422 g/mol. The minimum Gasteiger partial charge on any atom is -0.497 e. The van der Waals surface area contributed by atoms with Crippen LogP contribution in [0.4, 0.5) is 0 Å². The third-order valence-electron chi connectivity index (χ3n) is 4.59. The predicted molar refractivity (Wildman–Crippen MR) is 111 cm³/mol. The summed E-state index contributed by atoms with van der Waals surface area (Å²) in [5, 5.41) is 15.0. The molecule has 0 amide bonds. The van der Waals surface area contributed by atoms with E-state index in [0.717, 1.165) is 21.3 Å². The van der Waals surface area contributed by atoms with E-state index in [0.29, 0.717) is 11.2 Å². The smallest absolute Gasteiger partial charge is 0.276 e. The molecule has 0 bridgehead atoms. The SMILES string of the molecule is COc1cccc(-c2cc3c(=O)n(C[C@H](O)c4ccc(Br)cc4)ccn3n2)c1. The Balaban J connectivity index is 1.67. The van der Waals surface area contributed by atoms with Gasteiger partial charge in [0.2, 0.25) is 0 Å². The average molecular weight is 440 g/mol. The monoisotopic (exact) mass is 439 g/mol. The molecule has 0 aliphatic heterocycles. The number of methoxy groups -OCH3 is 1. The molecule has 0 saturated heterocycles. The van der Waals surface area contributed by atoms with Crippen LogP contribution in [0.2, 0.25) is 0 Å². The Bertz CT molecular complexity index is 1180. The van der Waals surface area contributed by atoms with E-state index in [1.165, 1.54) is 4.57 Å². The van der Waals surface area contributed by atoms with Gasteiger partial charge in [-0.2, -0.15) is 5.10 Å². The number of benzene rings is 2. The molecule has 4 aromatic rings. The van der Waals surface area contributed by atoms with E-state index in [-0.39, 0.29) is 12.1 Å². The molecule has 2 aromatic carbocycles. The van der Waals surface area contributed by atoms with E-state index in [1.807, 2.05) is 48.5 Å². The van der Waals surface area contributed by atoms with Crippen molar-refractivity contribution in [3.8, 4) is 17.0 Å². The predicted octanol–water partition coefficient (Wildman–Crippen LogP) is 3.67. The van der Waals surface area contributed by atoms with E-state index in [4.69, 9.17) is 4.74 Å². The highest BCUT2D eigenvalue weighted by Crippen LogP contribution is 2.23. The van der Waals surface area contributed by atoms with Gasteiger partial charge in [-0.25, -0.2) is 4.52 Å². The zero-order chi connectivity index (χ0) is 19.7. The summed E-state index contributed by atoms with van der Waals surface area (Å²) in [4.78, 5) is 12.9. The van der Waals surface area contributed by atoms with Crippen molar-refractivity contribution in [2.45, 2.75) is 12.6 Å². The maximum Gasteiger partial charge on any atom is 0.276 e. The summed E-state index contributed by atoms with van der Waals surface area (Å²) in [7, 11) is 1.61. The number of aliphatic hydroxyl groups is 1. The molecule has 0 fully saturated rings. The van der Waals surface area contributed by atoms with E-state index in [2.05, 4.69) is 21.0 Å². The van der Waals surface area contributed by atoms with Gasteiger partial charge in [-0.05, 0) is 35.9 Å². The van der Waals surface area contributed by atoms with Crippen LogP contribution in [0.25, 0.3) is 16.8 Å². The molecular formula is C21H18BrN3O3. The normalized spacial score (nSPS) is 12.2. The van der Waals surface area contributed by atoms with Crippen LogP contribution in [0.15, 0.2) is 76.3 Å². The van der Waals surface area contributed by atoms with E-state index >= 15 is 0 Å². The molecule has 7 heteroatoms. The number of halogens is 1. The van der Waals surface area contributed by atoms with Gasteiger partial charge in [0.1, 0.15) is 11.3 Å². The maximum absolute atomic E-state index is 12.9. The molecule has 142 valence electrons. The lowest BCUT2D eigenvalue weighted by Crippen LogP contribution is -2.24. The van der Waals surface area contributed by atoms with Crippen molar-refractivity contribution >= 4 is 21.4 Å². The first kappa shape index (κ1) is 18.5. The highest BCUT2D eigenvalue weighted by Gasteiger charge is 2.13. The zero-order valence-corrected chi connectivity index (χ0v) is 16.7. The van der Waals surface area contributed by atoms with Gasteiger partial charge in [0, 0.05) is 22.4 Å². The first-order valence-corrected chi connectivity index (χ1v) is 9.51. The first-order valence-electron chi connectivity index (χ1n) is 8.72. The van der Waals surface area contributed by atoms with Crippen molar-refractivity contribution in [3.63, 3.8) is 0 Å². The van der Waals surface area contributed by atoms with Gasteiger partial charge in [-0.15, -0.1) is 0 Å². The van der Waals surface area contributed by atoms with Crippen LogP contribution < -0.4 is 10.3 Å². The van der Waals surface area contributed by atoms with Crippen molar-refractivity contribution in [2.24, 2.45) is 0 Å². The van der Waals surface area contributed by atoms with Crippen LogP contribution in [0.1, 0.15) is 11.7 Å². The molecule has 0 unspecified atom stereocenters. The highest BCUT2D eigenvalue weighted by atomic mass is 79.9. The lowest BCUT2D eigenvalue weighted by atomic mass is 10.1. The lowest BCUT2D eigenvalue weighted by molar-refractivity contribution is 0.155. The second-order valence-corrected chi connectivity index (χ2v) is 7.33. The number of aliphatic hydroxyl groups excluding tert-OH is 1. The van der Waals surface area contributed by atoms with Crippen LogP contribution in [-0.2, 0) is 6.54 Å². The second kappa shape index (κ2) is 7.61. The van der Waals surface area contributed by atoms with Gasteiger partial charge in [-0.3, -0.25) is 4.79 Å². The van der Waals surface area contributed by atoms with Gasteiger partial charge >= 0.3 is 0 Å². The van der Waals surface area contributed by atoms with Gasteiger partial charge in [-0.1, -0.05) is 40.2 Å². The number of aromatic nitrogens is 3. The Labute approximate surface area is 169 Å². The summed E-state index contributed by atoms with van der Waals surface area (Å²) in [6.45, 7) is 0.163. The fourth-order valence-electron chi connectivity index (χ4n) is 3.07. The summed E-state index contributed by atoms with van der Waals surface area (Å²) in [5.74, 6) is 0.726. The lowest BCUT2D eigenvalue weighted by Gasteiger charge is -2.13. The topological polar surface area (TPSA) is 68.8 Å². The molecule has 1 atom stereocenters. The summed E-state index contributed by atoms with van der Waals surface area (Å²) < 4.78 is 9.25. The molecule has 0 saturated carbocycles. The minimum absolute atomic E-state index is 0.163. The molecule has 28 heavy (non-hydrogen) atoms. The summed E-state index contributed by atoms with van der Waals surface area (Å²) >= 11 is 3.38. The van der Waals surface area contributed by atoms with Gasteiger partial charge < -0.3 is 14.4 Å². The van der Waals surface area contributed by atoms with E-state index in [1.54, 1.807) is 30.1 Å². The Kier molecular flexibility index (Phi) is 5.02. The molecule has 2 aromatic heterocycles. The van der Waals surface area contributed by atoms with Crippen LogP contribution in [-0.4, -0.2) is 26.4 Å². The van der Waals surface area contributed by atoms with Crippen LogP contribution in [0, 0.1) is 0 Å². The Hall–Kier alpha value is -2.90. The fraction of sp³-hybridized carbons (Fsp3) is 0.143. The largest absolute Gasteiger partial charge is 0.497 e. The second-order valence-electron chi connectivity index (χ2n) is 6.41. The van der Waals surface area contributed by atoms with Crippen LogP contribution >= 0.6 is 15.9 Å². The molecule has 0 spiro atoms. The Morgan fingerprint density at radius 2 is 1.93 bits per heavy atom. The quantitative estimate of drug-likeness (QED) is 0.514. The first-order chi connectivity index (χ1) is 13.5. The van der Waals surface area contributed by atoms with Gasteiger partial charge in [0.15, 0.2) is 0 Å². The Morgan fingerprint density at radius 1 is 1.14 bits per heavy atom. The molecule has 1 N–H and O–H groups in total. The standard InChI is InChI=1S/C21H18BrN3O3/c1-28-17-4-2-3-15(11-17)18-12-19-21(27)24(9-10-25(19)23-18)13-20(26)14-5-7-16(22)8-6-14/h2-12,20,26H,13H2,1H3/t20-/m0/s1. The number of ether oxygens (including phenoxy) is 1. The van der Waals surface area contributed by atoms with Gasteiger partial charge in [0.05, 0.1) is 25.5 Å². The summed E-state index contributed by atoms with van der Waals surface area (Å²) in [5.41, 5.74) is 2.54. The third-order valence-corrected chi connectivity index (χ3v) is 5.12. The van der Waals surface area contributed by atoms with Crippen molar-refractivity contribution in [2.75, 3.05) is 7.11 Å². The van der Waals surface area contributed by atoms with Crippen LogP contribution in [0.3, 0.4) is 0 Å². The number of hydrogen-bond acceptors (Lipinski definition) is 4. The molecule has 0 radical (unpaired) electrons. The molecule has 0 aliphatic rings. The highest BCUT2D eigenvalue weighted by molar-refractivity contribution is 9.10. The minimum atomic E-state index is -0.783. The van der Waals surface area contributed by atoms with Crippen LogP contribution in [0.5, 0.6) is 5.75 Å². The molecule has 0 aliphatic carbocycles. The molecule has 2 heterocycles. The van der Waals surface area contributed by atoms with E-state index < -0.39 is 6.10 Å². The number of hydrogen-bond donors (Lipinski definition) is 1. The number of nitrogens with zero attached hydrogens (tertiary/aromatic N) is 3. The zero-order valence-electron chi connectivity index (χ0n) is 15.1. The van der Waals surface area contributed by atoms with E-state index in [9.17, 15) is 9.90 Å². The van der Waals surface area contributed by atoms with Crippen molar-refractivity contribution in [1.82, 2.24) is 14.2 Å². The number of fused-ring (bicyclic) bond motifs is 1. The summed E-state index contributed by atoms with van der Waals surface area (Å²) in [6.07, 6.45) is 2.57. The van der Waals surface area contributed by atoms with Crippen molar-refractivity contribution < 1.29 is 9.84 Å².